The number of halogens is 1. The van der Waals surface area contributed by atoms with E-state index in [2.05, 4.69) is 51.8 Å². The predicted octanol–water partition coefficient (Wildman–Crippen LogP) is 4.98. The van der Waals surface area contributed by atoms with E-state index in [0.29, 0.717) is 23.6 Å². The highest BCUT2D eigenvalue weighted by Crippen LogP contribution is 2.31. The summed E-state index contributed by atoms with van der Waals surface area (Å²) in [4.78, 5) is 23.2. The summed E-state index contributed by atoms with van der Waals surface area (Å²) < 4.78 is 0. The maximum atomic E-state index is 11.3. The maximum Gasteiger partial charge on any atom is 0.221 e. The molecule has 2 aliphatic heterocycles. The molecule has 1 aromatic rings. The van der Waals surface area contributed by atoms with E-state index in [-0.39, 0.29) is 11.7 Å². The van der Waals surface area contributed by atoms with Crippen LogP contribution in [0.25, 0.3) is 0 Å². The number of rotatable bonds is 8. The van der Waals surface area contributed by atoms with Gasteiger partial charge in [-0.25, -0.2) is 4.98 Å². The fourth-order valence-corrected chi connectivity index (χ4v) is 5.63. The van der Waals surface area contributed by atoms with Gasteiger partial charge in [0.25, 0.3) is 0 Å². The van der Waals surface area contributed by atoms with E-state index in [1.807, 2.05) is 6.92 Å². The van der Waals surface area contributed by atoms with Crippen molar-refractivity contribution in [3.8, 4) is 5.75 Å². The Hall–Kier alpha value is -2.09. The molecule has 2 saturated heterocycles. The quantitative estimate of drug-likeness (QED) is 0.487. The molecule has 2 N–H and O–H groups in total. The van der Waals surface area contributed by atoms with E-state index in [9.17, 15) is 9.90 Å². The number of aromatic hydroxyl groups is 1. The van der Waals surface area contributed by atoms with Crippen LogP contribution in [0.1, 0.15) is 60.3 Å². The lowest BCUT2D eigenvalue weighted by Gasteiger charge is -2.47. The SMILES string of the molecule is CC/C(CN1CCC(N2CCN(c3ncc(NC(C)=O)cc3O)CC2CC)CC1)=C(C)\C=C(/C)Cl. The number of piperidine rings is 1. The van der Waals surface area contributed by atoms with Gasteiger partial charge in [-0.3, -0.25) is 14.6 Å². The van der Waals surface area contributed by atoms with Gasteiger partial charge in [-0.2, -0.15) is 0 Å². The van der Waals surface area contributed by atoms with Gasteiger partial charge in [0, 0.05) is 56.3 Å². The van der Waals surface area contributed by atoms with Gasteiger partial charge in [-0.1, -0.05) is 31.0 Å². The Kier molecular flexibility index (Phi) is 10.0. The van der Waals surface area contributed by atoms with Crippen LogP contribution in [0.15, 0.2) is 34.5 Å². The first kappa shape index (κ1) is 27.5. The number of carbonyl (C=O) groups excluding carboxylic acids is 1. The van der Waals surface area contributed by atoms with E-state index < -0.39 is 0 Å². The van der Waals surface area contributed by atoms with Crippen molar-refractivity contribution >= 4 is 29.0 Å². The molecule has 0 saturated carbocycles. The van der Waals surface area contributed by atoms with Crippen molar-refractivity contribution in [2.75, 3.05) is 49.5 Å². The highest BCUT2D eigenvalue weighted by molar-refractivity contribution is 6.29. The van der Waals surface area contributed by atoms with Gasteiger partial charge < -0.3 is 15.3 Å². The van der Waals surface area contributed by atoms with Crippen molar-refractivity contribution in [2.24, 2.45) is 0 Å². The maximum absolute atomic E-state index is 11.3. The fourth-order valence-electron chi connectivity index (χ4n) is 5.46. The lowest BCUT2D eigenvalue weighted by atomic mass is 9.97. The Morgan fingerprint density at radius 2 is 1.91 bits per heavy atom. The zero-order chi connectivity index (χ0) is 25.5. The number of amides is 1. The molecule has 3 rings (SSSR count). The molecule has 194 valence electrons. The van der Waals surface area contributed by atoms with E-state index >= 15 is 0 Å². The van der Waals surface area contributed by atoms with Crippen LogP contribution in [-0.2, 0) is 4.79 Å². The van der Waals surface area contributed by atoms with Crippen molar-refractivity contribution in [2.45, 2.75) is 72.4 Å². The second-order valence-corrected chi connectivity index (χ2v) is 10.5. The van der Waals surface area contributed by atoms with Crippen LogP contribution in [0.4, 0.5) is 11.5 Å². The lowest BCUT2D eigenvalue weighted by molar-refractivity contribution is -0.114. The number of hydrogen-bond donors (Lipinski definition) is 2. The van der Waals surface area contributed by atoms with E-state index in [4.69, 9.17) is 11.6 Å². The van der Waals surface area contributed by atoms with Gasteiger partial charge in [-0.05, 0) is 64.3 Å². The first-order valence-corrected chi connectivity index (χ1v) is 13.3. The highest BCUT2D eigenvalue weighted by atomic mass is 35.5. The Balaban J connectivity index is 1.58. The Morgan fingerprint density at radius 3 is 2.49 bits per heavy atom. The zero-order valence-electron chi connectivity index (χ0n) is 22.0. The Labute approximate surface area is 215 Å². The first-order valence-electron chi connectivity index (χ1n) is 12.9. The summed E-state index contributed by atoms with van der Waals surface area (Å²) in [5.74, 6) is 0.536. The predicted molar refractivity (Wildman–Crippen MR) is 145 cm³/mol. The van der Waals surface area contributed by atoms with Crippen LogP contribution in [-0.4, -0.2) is 77.1 Å². The molecular formula is C27H42ClN5O2. The number of anilines is 2. The number of pyridine rings is 1. The van der Waals surface area contributed by atoms with Crippen LogP contribution >= 0.6 is 11.6 Å². The summed E-state index contributed by atoms with van der Waals surface area (Å²) in [7, 11) is 0. The van der Waals surface area contributed by atoms with Gasteiger partial charge in [0.2, 0.25) is 5.91 Å². The summed E-state index contributed by atoms with van der Waals surface area (Å²) >= 11 is 6.10. The average molecular weight is 504 g/mol. The average Bonchev–Trinajstić information content (AvgIpc) is 2.82. The van der Waals surface area contributed by atoms with Gasteiger partial charge in [0.1, 0.15) is 0 Å². The fraction of sp³-hybridized carbons (Fsp3) is 0.630. The molecule has 1 amide bonds. The van der Waals surface area contributed by atoms with Crippen molar-refractivity contribution in [3.63, 3.8) is 0 Å². The minimum Gasteiger partial charge on any atom is -0.504 e. The Morgan fingerprint density at radius 1 is 1.20 bits per heavy atom. The topological polar surface area (TPSA) is 71.9 Å². The molecule has 0 bridgehead atoms. The number of allylic oxidation sites excluding steroid dienone is 3. The smallest absolute Gasteiger partial charge is 0.221 e. The number of carbonyl (C=O) groups is 1. The van der Waals surface area contributed by atoms with Gasteiger partial charge in [0.05, 0.1) is 11.9 Å². The summed E-state index contributed by atoms with van der Waals surface area (Å²) in [6, 6.07) is 2.61. The van der Waals surface area contributed by atoms with Crippen LogP contribution in [0.2, 0.25) is 0 Å². The second-order valence-electron chi connectivity index (χ2n) is 9.87. The molecule has 3 heterocycles. The number of likely N-dealkylation sites (tertiary alicyclic amines) is 1. The van der Waals surface area contributed by atoms with E-state index in [1.165, 1.54) is 30.9 Å². The molecule has 7 nitrogen and oxygen atoms in total. The van der Waals surface area contributed by atoms with Gasteiger partial charge in [-0.15, -0.1) is 0 Å². The first-order chi connectivity index (χ1) is 16.7. The minimum absolute atomic E-state index is 0.113. The molecule has 2 fully saturated rings. The van der Waals surface area contributed by atoms with Crippen molar-refractivity contribution in [1.82, 2.24) is 14.8 Å². The minimum atomic E-state index is -0.177. The van der Waals surface area contributed by atoms with Crippen LogP contribution < -0.4 is 10.2 Å². The highest BCUT2D eigenvalue weighted by Gasteiger charge is 2.34. The van der Waals surface area contributed by atoms with Crippen LogP contribution in [0.5, 0.6) is 5.75 Å². The summed E-state index contributed by atoms with van der Waals surface area (Å²) in [6.45, 7) is 16.0. The molecule has 8 heteroatoms. The van der Waals surface area contributed by atoms with Crippen molar-refractivity contribution in [3.05, 3.63) is 34.5 Å². The molecular weight excluding hydrogens is 462 g/mol. The molecule has 2 aliphatic rings. The number of aromatic nitrogens is 1. The molecule has 1 atom stereocenters. The summed E-state index contributed by atoms with van der Waals surface area (Å²) in [5.41, 5.74) is 3.29. The van der Waals surface area contributed by atoms with Crippen LogP contribution in [0, 0.1) is 0 Å². The summed E-state index contributed by atoms with van der Waals surface area (Å²) in [6.07, 6.45) is 8.19. The summed E-state index contributed by atoms with van der Waals surface area (Å²) in [5, 5.41) is 14.1. The van der Waals surface area contributed by atoms with Crippen molar-refractivity contribution in [1.29, 1.82) is 0 Å². The number of nitrogens with one attached hydrogen (secondary N) is 1. The number of hydrogen-bond acceptors (Lipinski definition) is 6. The van der Waals surface area contributed by atoms with Gasteiger partial charge in [0.15, 0.2) is 11.6 Å². The molecule has 0 aromatic carbocycles. The zero-order valence-corrected chi connectivity index (χ0v) is 22.7. The van der Waals surface area contributed by atoms with E-state index in [0.717, 1.165) is 57.1 Å². The third-order valence-electron chi connectivity index (χ3n) is 7.31. The third kappa shape index (κ3) is 7.45. The molecule has 1 unspecified atom stereocenters. The molecule has 0 aliphatic carbocycles. The number of nitrogens with zero attached hydrogens (tertiary/aromatic N) is 4. The third-order valence-corrected chi connectivity index (χ3v) is 7.42. The normalized spacial score (nSPS) is 21.7. The van der Waals surface area contributed by atoms with Gasteiger partial charge >= 0.3 is 0 Å². The molecule has 0 spiro atoms. The monoisotopic (exact) mass is 503 g/mol. The second kappa shape index (κ2) is 12.7. The molecule has 35 heavy (non-hydrogen) atoms. The Bertz CT molecular complexity index is 935. The molecule has 1 aromatic heterocycles. The molecule has 0 radical (unpaired) electrons. The van der Waals surface area contributed by atoms with Crippen molar-refractivity contribution < 1.29 is 9.90 Å². The largest absolute Gasteiger partial charge is 0.504 e. The van der Waals surface area contributed by atoms with Crippen LogP contribution in [0.3, 0.4) is 0 Å². The lowest BCUT2D eigenvalue weighted by Crippen LogP contribution is -2.58. The van der Waals surface area contributed by atoms with E-state index in [1.54, 1.807) is 12.3 Å². The standard InChI is InChI=1S/C27H42ClN5O2/c1-6-22(19(3)14-20(4)28)17-31-10-8-25(9-11-31)33-13-12-32(18-24(33)7-2)27-26(35)15-23(16-29-27)30-21(5)34/h14-16,24-25,35H,6-13,17-18H2,1-5H3,(H,30,34)/b20-14+,22-19+. The number of piperazine rings is 1.